The van der Waals surface area contributed by atoms with Crippen LogP contribution in [0.4, 0.5) is 0 Å². The first-order valence-electron chi connectivity index (χ1n) is 5.12. The minimum absolute atomic E-state index is 0.0119. The third kappa shape index (κ3) is 3.70. The van der Waals surface area contributed by atoms with E-state index in [0.717, 1.165) is 0 Å². The Balaban J connectivity index is 2.32. The third-order valence-electron chi connectivity index (χ3n) is 2.26. The van der Waals surface area contributed by atoms with E-state index in [1.54, 1.807) is 24.3 Å². The molecule has 0 aliphatic carbocycles. The summed E-state index contributed by atoms with van der Waals surface area (Å²) in [4.78, 5) is 0.0119. The van der Waals surface area contributed by atoms with Crippen LogP contribution in [0.2, 0.25) is 5.02 Å². The molecular weight excluding hydrogens is 354 g/mol. The van der Waals surface area contributed by atoms with Gasteiger partial charge in [0.2, 0.25) is 10.0 Å². The first-order valence-corrected chi connectivity index (χ1v) is 7.84. The van der Waals surface area contributed by atoms with Crippen LogP contribution in [0.25, 0.3) is 0 Å². The van der Waals surface area contributed by atoms with Crippen LogP contribution in [-0.4, -0.2) is 8.42 Å². The summed E-state index contributed by atoms with van der Waals surface area (Å²) >= 11 is 9.09. The van der Waals surface area contributed by atoms with Crippen LogP contribution in [0.1, 0.15) is 0 Å². The number of halogens is 2. The van der Waals surface area contributed by atoms with E-state index in [2.05, 4.69) is 15.9 Å². The fourth-order valence-electron chi connectivity index (χ4n) is 1.40. The average Bonchev–Trinajstić information content (AvgIpc) is 2.30. The van der Waals surface area contributed by atoms with Crippen LogP contribution >= 0.6 is 27.5 Å². The topological polar surface area (TPSA) is 69.4 Å². The van der Waals surface area contributed by atoms with Crippen LogP contribution in [0.3, 0.4) is 0 Å². The van der Waals surface area contributed by atoms with Crippen molar-refractivity contribution < 1.29 is 13.2 Å². The normalized spacial score (nSPS) is 11.3. The van der Waals surface area contributed by atoms with E-state index in [0.29, 0.717) is 21.0 Å². The molecule has 0 unspecified atom stereocenters. The summed E-state index contributed by atoms with van der Waals surface area (Å²) in [6, 6.07) is 11.2. The minimum atomic E-state index is -3.73. The van der Waals surface area contributed by atoms with Crippen LogP contribution in [0.5, 0.6) is 11.5 Å². The molecule has 0 heterocycles. The first-order chi connectivity index (χ1) is 8.86. The Labute approximate surface area is 124 Å². The van der Waals surface area contributed by atoms with E-state index in [1.165, 1.54) is 18.2 Å². The number of benzene rings is 2. The van der Waals surface area contributed by atoms with Gasteiger partial charge in [0.25, 0.3) is 0 Å². The van der Waals surface area contributed by atoms with Crippen molar-refractivity contribution in [2.75, 3.05) is 0 Å². The zero-order valence-corrected chi connectivity index (χ0v) is 12.7. The zero-order valence-electron chi connectivity index (χ0n) is 9.51. The van der Waals surface area contributed by atoms with E-state index in [-0.39, 0.29) is 4.90 Å². The Morgan fingerprint density at radius 2 is 1.89 bits per heavy atom. The molecule has 2 aromatic rings. The van der Waals surface area contributed by atoms with Crippen LogP contribution in [0.15, 0.2) is 51.8 Å². The van der Waals surface area contributed by atoms with Crippen molar-refractivity contribution in [1.82, 2.24) is 0 Å². The van der Waals surface area contributed by atoms with Crippen molar-refractivity contribution in [3.05, 3.63) is 52.0 Å². The summed E-state index contributed by atoms with van der Waals surface area (Å²) in [5, 5.41) is 5.59. The Morgan fingerprint density at radius 3 is 2.47 bits per heavy atom. The molecule has 0 atom stereocenters. The molecule has 0 aliphatic heterocycles. The SMILES string of the molecule is NS(=O)(=O)c1ccc(Oc2cccc(Cl)c2)c(Br)c1. The first kappa shape index (κ1) is 14.3. The number of sulfonamides is 1. The lowest BCUT2D eigenvalue weighted by molar-refractivity contribution is 0.479. The molecule has 0 bridgehead atoms. The molecule has 2 rings (SSSR count). The van der Waals surface area contributed by atoms with Gasteiger partial charge in [0.1, 0.15) is 11.5 Å². The molecule has 0 saturated carbocycles. The second-order valence-electron chi connectivity index (χ2n) is 3.70. The molecule has 2 aromatic carbocycles. The summed E-state index contributed by atoms with van der Waals surface area (Å²) in [6.07, 6.45) is 0. The van der Waals surface area contributed by atoms with Crippen LogP contribution in [-0.2, 0) is 10.0 Å². The summed E-state index contributed by atoms with van der Waals surface area (Å²) in [5.74, 6) is 1.02. The molecule has 0 radical (unpaired) electrons. The molecule has 100 valence electrons. The fraction of sp³-hybridized carbons (Fsp3) is 0. The number of rotatable bonds is 3. The van der Waals surface area contributed by atoms with Gasteiger partial charge in [-0.15, -0.1) is 0 Å². The van der Waals surface area contributed by atoms with Crippen LogP contribution < -0.4 is 9.88 Å². The molecule has 0 saturated heterocycles. The number of nitrogens with two attached hydrogens (primary N) is 1. The lowest BCUT2D eigenvalue weighted by atomic mass is 10.3. The summed E-state index contributed by atoms with van der Waals surface area (Å²) in [7, 11) is -3.73. The monoisotopic (exact) mass is 361 g/mol. The highest BCUT2D eigenvalue weighted by Crippen LogP contribution is 2.32. The molecular formula is C12H9BrClNO3S. The van der Waals surface area contributed by atoms with Gasteiger partial charge in [-0.2, -0.15) is 0 Å². The molecule has 0 spiro atoms. The zero-order chi connectivity index (χ0) is 14.0. The van der Waals surface area contributed by atoms with E-state index in [9.17, 15) is 8.42 Å². The van der Waals surface area contributed by atoms with Crippen molar-refractivity contribution >= 4 is 37.6 Å². The van der Waals surface area contributed by atoms with Gasteiger partial charge in [-0.25, -0.2) is 13.6 Å². The quantitative estimate of drug-likeness (QED) is 0.908. The van der Waals surface area contributed by atoms with E-state index in [1.807, 2.05) is 0 Å². The Kier molecular flexibility index (Phi) is 4.15. The van der Waals surface area contributed by atoms with E-state index < -0.39 is 10.0 Å². The minimum Gasteiger partial charge on any atom is -0.456 e. The molecule has 0 amide bonds. The highest BCUT2D eigenvalue weighted by molar-refractivity contribution is 9.10. The van der Waals surface area contributed by atoms with Gasteiger partial charge in [0.05, 0.1) is 9.37 Å². The number of hydrogen-bond donors (Lipinski definition) is 1. The van der Waals surface area contributed by atoms with Gasteiger partial charge in [-0.05, 0) is 52.3 Å². The van der Waals surface area contributed by atoms with Gasteiger partial charge in [-0.3, -0.25) is 0 Å². The lowest BCUT2D eigenvalue weighted by Gasteiger charge is -2.09. The summed E-state index contributed by atoms with van der Waals surface area (Å²) < 4.78 is 28.5. The Bertz CT molecular complexity index is 719. The predicted octanol–water partition coefficient (Wildman–Crippen LogP) is 3.54. The number of ether oxygens (including phenoxy) is 1. The van der Waals surface area contributed by atoms with E-state index in [4.69, 9.17) is 21.5 Å². The van der Waals surface area contributed by atoms with Crippen molar-refractivity contribution in [2.45, 2.75) is 4.90 Å². The van der Waals surface area contributed by atoms with Crippen LogP contribution in [0, 0.1) is 0 Å². The Morgan fingerprint density at radius 1 is 1.16 bits per heavy atom. The van der Waals surface area contributed by atoms with Gasteiger partial charge < -0.3 is 4.74 Å². The second-order valence-corrected chi connectivity index (χ2v) is 6.55. The van der Waals surface area contributed by atoms with Gasteiger partial charge in [0.15, 0.2) is 0 Å². The summed E-state index contributed by atoms with van der Waals surface area (Å²) in [5.41, 5.74) is 0. The Hall–Kier alpha value is -1.08. The maximum atomic E-state index is 11.2. The number of hydrogen-bond acceptors (Lipinski definition) is 3. The lowest BCUT2D eigenvalue weighted by Crippen LogP contribution is -2.11. The molecule has 0 aliphatic rings. The largest absolute Gasteiger partial charge is 0.456 e. The molecule has 0 fully saturated rings. The fourth-order valence-corrected chi connectivity index (χ4v) is 2.73. The standard InChI is InChI=1S/C12H9BrClNO3S/c13-11-7-10(19(15,16)17)4-5-12(11)18-9-3-1-2-8(14)6-9/h1-7H,(H2,15,16,17). The van der Waals surface area contributed by atoms with Gasteiger partial charge in [-0.1, -0.05) is 17.7 Å². The van der Waals surface area contributed by atoms with Crippen molar-refractivity contribution in [3.63, 3.8) is 0 Å². The average molecular weight is 363 g/mol. The molecule has 4 nitrogen and oxygen atoms in total. The highest BCUT2D eigenvalue weighted by Gasteiger charge is 2.11. The highest BCUT2D eigenvalue weighted by atomic mass is 79.9. The maximum Gasteiger partial charge on any atom is 0.238 e. The number of primary sulfonamides is 1. The third-order valence-corrected chi connectivity index (χ3v) is 4.02. The molecule has 0 aromatic heterocycles. The van der Waals surface area contributed by atoms with Crippen molar-refractivity contribution in [3.8, 4) is 11.5 Å². The predicted molar refractivity (Wildman–Crippen MR) is 77.0 cm³/mol. The summed E-state index contributed by atoms with van der Waals surface area (Å²) in [6.45, 7) is 0. The van der Waals surface area contributed by atoms with Crippen molar-refractivity contribution in [1.29, 1.82) is 0 Å². The molecule has 7 heteroatoms. The molecule has 19 heavy (non-hydrogen) atoms. The van der Waals surface area contributed by atoms with Gasteiger partial charge in [0, 0.05) is 5.02 Å². The van der Waals surface area contributed by atoms with Crippen molar-refractivity contribution in [2.24, 2.45) is 5.14 Å². The van der Waals surface area contributed by atoms with E-state index >= 15 is 0 Å². The van der Waals surface area contributed by atoms with Gasteiger partial charge >= 0.3 is 0 Å². The smallest absolute Gasteiger partial charge is 0.238 e. The molecule has 2 N–H and O–H groups in total. The second kappa shape index (κ2) is 5.50. The maximum absolute atomic E-state index is 11.2.